The van der Waals surface area contributed by atoms with E-state index in [9.17, 15) is 9.59 Å². The van der Waals surface area contributed by atoms with Crippen LogP contribution in [0.25, 0.3) is 0 Å². The summed E-state index contributed by atoms with van der Waals surface area (Å²) in [5, 5.41) is 5.94. The van der Waals surface area contributed by atoms with E-state index in [1.807, 2.05) is 0 Å². The summed E-state index contributed by atoms with van der Waals surface area (Å²) in [7, 11) is 3.00. The first-order valence-corrected chi connectivity index (χ1v) is 6.85. The zero-order valence-corrected chi connectivity index (χ0v) is 12.5. The second-order valence-corrected chi connectivity index (χ2v) is 4.46. The Morgan fingerprint density at radius 1 is 1.10 bits per heavy atom. The number of hydrogen-bond donors (Lipinski definition) is 2. The van der Waals surface area contributed by atoms with Crippen molar-refractivity contribution in [3.05, 3.63) is 29.8 Å². The van der Waals surface area contributed by atoms with Crippen LogP contribution in [0.15, 0.2) is 24.3 Å². The van der Waals surface area contributed by atoms with E-state index in [0.717, 1.165) is 13.0 Å². The molecule has 0 atom stereocenters. The van der Waals surface area contributed by atoms with Crippen molar-refractivity contribution in [2.45, 2.75) is 12.8 Å². The lowest BCUT2D eigenvalue weighted by atomic mass is 10.2. The predicted octanol–water partition coefficient (Wildman–Crippen LogP) is 1.43. The smallest absolute Gasteiger partial charge is 0.337 e. The largest absolute Gasteiger partial charge is 0.465 e. The summed E-state index contributed by atoms with van der Waals surface area (Å²) < 4.78 is 9.54. The van der Waals surface area contributed by atoms with E-state index in [1.54, 1.807) is 31.4 Å². The van der Waals surface area contributed by atoms with Crippen molar-refractivity contribution in [3.63, 3.8) is 0 Å². The molecule has 0 radical (unpaired) electrons. The van der Waals surface area contributed by atoms with Crippen LogP contribution in [0, 0.1) is 0 Å². The van der Waals surface area contributed by atoms with Gasteiger partial charge < -0.3 is 20.1 Å². The number of ether oxygens (including phenoxy) is 2. The molecule has 0 aliphatic heterocycles. The summed E-state index contributed by atoms with van der Waals surface area (Å²) in [6.45, 7) is 2.16. The van der Waals surface area contributed by atoms with Crippen molar-refractivity contribution < 1.29 is 19.1 Å². The van der Waals surface area contributed by atoms with Gasteiger partial charge in [0.05, 0.1) is 12.7 Å². The molecule has 6 nitrogen and oxygen atoms in total. The van der Waals surface area contributed by atoms with E-state index in [2.05, 4.69) is 15.4 Å². The first-order valence-electron chi connectivity index (χ1n) is 6.85. The number of amides is 1. The summed E-state index contributed by atoms with van der Waals surface area (Å²) in [5.74, 6) is -0.465. The molecule has 0 aromatic heterocycles. The fourth-order valence-corrected chi connectivity index (χ4v) is 1.70. The van der Waals surface area contributed by atoms with E-state index >= 15 is 0 Å². The molecule has 0 aliphatic carbocycles. The van der Waals surface area contributed by atoms with Crippen LogP contribution in [0.5, 0.6) is 0 Å². The number of rotatable bonds is 9. The van der Waals surface area contributed by atoms with Crippen LogP contribution in [0.4, 0.5) is 5.69 Å². The molecule has 1 amide bonds. The van der Waals surface area contributed by atoms with Gasteiger partial charge in [0, 0.05) is 32.4 Å². The highest BCUT2D eigenvalue weighted by Crippen LogP contribution is 2.10. The van der Waals surface area contributed by atoms with Crippen LogP contribution in [0.3, 0.4) is 0 Å². The molecule has 116 valence electrons. The van der Waals surface area contributed by atoms with Gasteiger partial charge in [0.1, 0.15) is 0 Å². The number of carbonyl (C=O) groups is 2. The maximum atomic E-state index is 11.7. The average molecular weight is 294 g/mol. The van der Waals surface area contributed by atoms with E-state index in [0.29, 0.717) is 30.8 Å². The lowest BCUT2D eigenvalue weighted by molar-refractivity contribution is -0.116. The second kappa shape index (κ2) is 9.90. The first-order chi connectivity index (χ1) is 10.2. The number of anilines is 1. The highest BCUT2D eigenvalue weighted by molar-refractivity contribution is 5.93. The Kier molecular flexibility index (Phi) is 8.08. The van der Waals surface area contributed by atoms with Crippen molar-refractivity contribution in [1.82, 2.24) is 5.32 Å². The highest BCUT2D eigenvalue weighted by Gasteiger charge is 2.06. The van der Waals surface area contributed by atoms with Crippen LogP contribution in [0.2, 0.25) is 0 Å². The lowest BCUT2D eigenvalue weighted by Crippen LogP contribution is -2.23. The molecule has 21 heavy (non-hydrogen) atoms. The van der Waals surface area contributed by atoms with Gasteiger partial charge in [-0.2, -0.15) is 0 Å². The SMILES string of the molecule is COCCCNCCC(=O)Nc1ccc(C(=O)OC)cc1. The number of benzene rings is 1. The molecule has 0 unspecified atom stereocenters. The zero-order chi connectivity index (χ0) is 15.5. The maximum Gasteiger partial charge on any atom is 0.337 e. The van der Waals surface area contributed by atoms with Crippen LogP contribution >= 0.6 is 0 Å². The van der Waals surface area contributed by atoms with Crippen LogP contribution in [-0.4, -0.2) is 45.8 Å². The van der Waals surface area contributed by atoms with E-state index in [4.69, 9.17) is 4.74 Å². The third-order valence-electron chi connectivity index (χ3n) is 2.82. The molecule has 0 saturated carbocycles. The minimum absolute atomic E-state index is 0.0694. The Morgan fingerprint density at radius 3 is 2.43 bits per heavy atom. The lowest BCUT2D eigenvalue weighted by Gasteiger charge is -2.07. The van der Waals surface area contributed by atoms with Gasteiger partial charge in [0.25, 0.3) is 0 Å². The Hall–Kier alpha value is -1.92. The molecule has 1 rings (SSSR count). The van der Waals surface area contributed by atoms with Gasteiger partial charge in [0.2, 0.25) is 5.91 Å². The van der Waals surface area contributed by atoms with Crippen LogP contribution < -0.4 is 10.6 Å². The van der Waals surface area contributed by atoms with Gasteiger partial charge in [-0.3, -0.25) is 4.79 Å². The summed E-state index contributed by atoms with van der Waals surface area (Å²) in [4.78, 5) is 23.0. The Labute approximate surface area is 124 Å². The summed E-state index contributed by atoms with van der Waals surface area (Å²) in [6.07, 6.45) is 1.32. The van der Waals surface area contributed by atoms with Crippen molar-refractivity contribution in [2.24, 2.45) is 0 Å². The standard InChI is InChI=1S/C15H22N2O4/c1-20-11-3-9-16-10-8-14(18)17-13-6-4-12(5-7-13)15(19)21-2/h4-7,16H,3,8-11H2,1-2H3,(H,17,18). The van der Waals surface area contributed by atoms with E-state index in [1.165, 1.54) is 7.11 Å². The fraction of sp³-hybridized carbons (Fsp3) is 0.467. The van der Waals surface area contributed by atoms with Gasteiger partial charge in [-0.25, -0.2) is 4.79 Å². The minimum Gasteiger partial charge on any atom is -0.465 e. The highest BCUT2D eigenvalue weighted by atomic mass is 16.5. The molecule has 0 aliphatic rings. The van der Waals surface area contributed by atoms with E-state index in [-0.39, 0.29) is 5.91 Å². The Bertz CT molecular complexity index is 445. The number of carbonyl (C=O) groups excluding carboxylic acids is 2. The van der Waals surface area contributed by atoms with Crippen LogP contribution in [-0.2, 0) is 14.3 Å². The second-order valence-electron chi connectivity index (χ2n) is 4.46. The van der Waals surface area contributed by atoms with Crippen molar-refractivity contribution >= 4 is 17.6 Å². The molecular formula is C15H22N2O4. The minimum atomic E-state index is -0.395. The molecule has 0 bridgehead atoms. The molecule has 1 aromatic rings. The molecule has 0 spiro atoms. The maximum absolute atomic E-state index is 11.7. The first kappa shape index (κ1) is 17.1. The van der Waals surface area contributed by atoms with Gasteiger partial charge in [-0.05, 0) is 37.2 Å². The van der Waals surface area contributed by atoms with Crippen molar-refractivity contribution in [2.75, 3.05) is 39.2 Å². The summed E-state index contributed by atoms with van der Waals surface area (Å²) >= 11 is 0. The topological polar surface area (TPSA) is 76.7 Å². The van der Waals surface area contributed by atoms with Gasteiger partial charge in [-0.15, -0.1) is 0 Å². The summed E-state index contributed by atoms with van der Waals surface area (Å²) in [5.41, 5.74) is 1.11. The van der Waals surface area contributed by atoms with E-state index < -0.39 is 5.97 Å². The predicted molar refractivity (Wildman–Crippen MR) is 80.4 cm³/mol. The van der Waals surface area contributed by atoms with Gasteiger partial charge in [0.15, 0.2) is 0 Å². The Morgan fingerprint density at radius 2 is 1.81 bits per heavy atom. The average Bonchev–Trinajstić information content (AvgIpc) is 2.50. The monoisotopic (exact) mass is 294 g/mol. The van der Waals surface area contributed by atoms with Crippen molar-refractivity contribution in [3.8, 4) is 0 Å². The third kappa shape index (κ3) is 6.87. The summed E-state index contributed by atoms with van der Waals surface area (Å²) in [6, 6.07) is 6.58. The normalized spacial score (nSPS) is 10.2. The molecule has 0 fully saturated rings. The number of hydrogen-bond acceptors (Lipinski definition) is 5. The number of nitrogens with one attached hydrogen (secondary N) is 2. The molecule has 0 heterocycles. The van der Waals surface area contributed by atoms with Crippen LogP contribution in [0.1, 0.15) is 23.2 Å². The molecule has 6 heteroatoms. The van der Waals surface area contributed by atoms with Gasteiger partial charge in [-0.1, -0.05) is 0 Å². The number of methoxy groups -OCH3 is 2. The molecule has 2 N–H and O–H groups in total. The quantitative estimate of drug-likeness (QED) is 0.532. The van der Waals surface area contributed by atoms with Gasteiger partial charge >= 0.3 is 5.97 Å². The molecule has 1 aromatic carbocycles. The molecular weight excluding hydrogens is 272 g/mol. The zero-order valence-electron chi connectivity index (χ0n) is 12.5. The number of esters is 1. The fourth-order valence-electron chi connectivity index (χ4n) is 1.70. The van der Waals surface area contributed by atoms with Crippen molar-refractivity contribution in [1.29, 1.82) is 0 Å². The Balaban J connectivity index is 2.26. The molecule has 0 saturated heterocycles. The third-order valence-corrected chi connectivity index (χ3v) is 2.82.